The van der Waals surface area contributed by atoms with E-state index in [9.17, 15) is 4.39 Å². The molecule has 90 valence electrons. The van der Waals surface area contributed by atoms with Crippen LogP contribution >= 0.6 is 27.5 Å². The molecule has 2 aromatic carbocycles. The van der Waals surface area contributed by atoms with E-state index in [1.54, 1.807) is 18.2 Å². The van der Waals surface area contributed by atoms with Crippen molar-refractivity contribution in [3.63, 3.8) is 0 Å². The number of benzene rings is 2. The van der Waals surface area contributed by atoms with Crippen molar-refractivity contribution < 1.29 is 9.13 Å². The van der Waals surface area contributed by atoms with Gasteiger partial charge in [0.25, 0.3) is 0 Å². The summed E-state index contributed by atoms with van der Waals surface area (Å²) in [6.07, 6.45) is 0. The summed E-state index contributed by atoms with van der Waals surface area (Å²) in [6, 6.07) is 11.0. The summed E-state index contributed by atoms with van der Waals surface area (Å²) in [5, 5.41) is 9.26. The van der Waals surface area contributed by atoms with E-state index in [-0.39, 0.29) is 10.8 Å². The van der Waals surface area contributed by atoms with Gasteiger partial charge in [0.05, 0.1) is 5.56 Å². The highest BCUT2D eigenvalue weighted by atomic mass is 79.9. The summed E-state index contributed by atoms with van der Waals surface area (Å²) in [5.74, 6) is -0.255. The summed E-state index contributed by atoms with van der Waals surface area (Å²) in [6.45, 7) is 0. The van der Waals surface area contributed by atoms with Crippen LogP contribution in [0.4, 0.5) is 4.39 Å². The van der Waals surface area contributed by atoms with E-state index in [0.29, 0.717) is 11.3 Å². The van der Waals surface area contributed by atoms with Crippen LogP contribution in [0.3, 0.4) is 0 Å². The van der Waals surface area contributed by atoms with Crippen LogP contribution in [0, 0.1) is 17.1 Å². The van der Waals surface area contributed by atoms with E-state index in [1.807, 2.05) is 6.07 Å². The molecule has 0 bridgehead atoms. The smallest absolute Gasteiger partial charge is 0.167 e. The van der Waals surface area contributed by atoms with E-state index in [0.717, 1.165) is 10.5 Å². The molecule has 2 rings (SSSR count). The Kier molecular flexibility index (Phi) is 3.85. The van der Waals surface area contributed by atoms with Gasteiger partial charge in [-0.25, -0.2) is 4.39 Å². The second-order valence-corrected chi connectivity index (χ2v) is 4.78. The fraction of sp³-hybridized carbons (Fsp3) is 0. The number of hydrogen-bond donors (Lipinski definition) is 0. The zero-order valence-corrected chi connectivity index (χ0v) is 11.3. The highest BCUT2D eigenvalue weighted by molar-refractivity contribution is 9.10. The van der Waals surface area contributed by atoms with Gasteiger partial charge in [-0.15, -0.1) is 0 Å². The fourth-order valence-corrected chi connectivity index (χ4v) is 1.87. The first kappa shape index (κ1) is 12.9. The monoisotopic (exact) mass is 325 g/mol. The third-order valence-corrected chi connectivity index (χ3v) is 2.90. The molecule has 0 aliphatic carbocycles. The van der Waals surface area contributed by atoms with Gasteiger partial charge in [0.1, 0.15) is 11.8 Å². The topological polar surface area (TPSA) is 33.0 Å². The van der Waals surface area contributed by atoms with Crippen LogP contribution in [0.1, 0.15) is 5.56 Å². The molecule has 0 amide bonds. The maximum absolute atomic E-state index is 13.5. The molecule has 0 radical (unpaired) electrons. The number of nitriles is 1. The predicted molar refractivity (Wildman–Crippen MR) is 70.3 cm³/mol. The van der Waals surface area contributed by atoms with Gasteiger partial charge < -0.3 is 4.74 Å². The predicted octanol–water partition coefficient (Wildman–Crippen LogP) is 4.91. The van der Waals surface area contributed by atoms with Crippen molar-refractivity contribution in [3.05, 3.63) is 57.3 Å². The van der Waals surface area contributed by atoms with Crippen LogP contribution in [0.15, 0.2) is 40.9 Å². The van der Waals surface area contributed by atoms with E-state index >= 15 is 0 Å². The van der Waals surface area contributed by atoms with Crippen LogP contribution in [0.2, 0.25) is 5.02 Å². The number of hydrogen-bond acceptors (Lipinski definition) is 2. The summed E-state index contributed by atoms with van der Waals surface area (Å²) < 4.78 is 19.7. The molecule has 18 heavy (non-hydrogen) atoms. The van der Waals surface area contributed by atoms with Crippen molar-refractivity contribution in [1.82, 2.24) is 0 Å². The van der Waals surface area contributed by atoms with E-state index in [2.05, 4.69) is 15.9 Å². The first-order valence-electron chi connectivity index (χ1n) is 4.92. The van der Waals surface area contributed by atoms with Crippen LogP contribution in [0.25, 0.3) is 0 Å². The molecular weight excluding hydrogens is 321 g/mol. The average molecular weight is 327 g/mol. The van der Waals surface area contributed by atoms with E-state index in [4.69, 9.17) is 21.6 Å². The summed E-state index contributed by atoms with van der Waals surface area (Å²) in [7, 11) is 0. The Hall–Kier alpha value is -1.57. The second-order valence-electron chi connectivity index (χ2n) is 3.43. The normalized spacial score (nSPS) is 9.89. The van der Waals surface area contributed by atoms with E-state index in [1.165, 1.54) is 12.1 Å². The third-order valence-electron chi connectivity index (χ3n) is 2.18. The van der Waals surface area contributed by atoms with Crippen LogP contribution in [-0.4, -0.2) is 0 Å². The molecule has 2 aromatic rings. The van der Waals surface area contributed by atoms with Crippen molar-refractivity contribution in [1.29, 1.82) is 5.26 Å². The Morgan fingerprint density at radius 2 is 1.89 bits per heavy atom. The molecule has 0 N–H and O–H groups in total. The molecule has 0 fully saturated rings. The Morgan fingerprint density at radius 1 is 1.17 bits per heavy atom. The van der Waals surface area contributed by atoms with Crippen LogP contribution in [-0.2, 0) is 0 Å². The maximum atomic E-state index is 13.5. The van der Waals surface area contributed by atoms with Crippen molar-refractivity contribution in [2.75, 3.05) is 0 Å². The maximum Gasteiger partial charge on any atom is 0.167 e. The van der Waals surface area contributed by atoms with Crippen molar-refractivity contribution >= 4 is 27.5 Å². The number of nitrogens with zero attached hydrogens (tertiary/aromatic N) is 1. The number of halogens is 3. The minimum absolute atomic E-state index is 0.0261. The highest BCUT2D eigenvalue weighted by Gasteiger charge is 2.09. The third kappa shape index (κ3) is 2.81. The zero-order valence-electron chi connectivity index (χ0n) is 8.95. The summed E-state index contributed by atoms with van der Waals surface area (Å²) in [4.78, 5) is 0. The van der Waals surface area contributed by atoms with E-state index < -0.39 is 5.82 Å². The molecule has 0 spiro atoms. The van der Waals surface area contributed by atoms with Crippen molar-refractivity contribution in [3.8, 4) is 17.6 Å². The Balaban J connectivity index is 2.37. The molecule has 0 heterocycles. The van der Waals surface area contributed by atoms with Crippen LogP contribution in [0.5, 0.6) is 11.5 Å². The average Bonchev–Trinajstić information content (AvgIpc) is 2.34. The van der Waals surface area contributed by atoms with Gasteiger partial charge in [0.15, 0.2) is 11.6 Å². The fourth-order valence-electron chi connectivity index (χ4n) is 1.36. The standard InChI is InChI=1S/C13H6BrClFNO/c14-9-1-3-12(8(5-9)7-17)18-13-4-2-10(15)6-11(13)16/h1-6H. The van der Waals surface area contributed by atoms with Gasteiger partial charge in [-0.1, -0.05) is 27.5 Å². The minimum Gasteiger partial charge on any atom is -0.453 e. The lowest BCUT2D eigenvalue weighted by Crippen LogP contribution is -1.91. The Labute approximate surface area is 117 Å². The lowest BCUT2D eigenvalue weighted by Gasteiger charge is -2.08. The number of rotatable bonds is 2. The Morgan fingerprint density at radius 3 is 2.56 bits per heavy atom. The lowest BCUT2D eigenvalue weighted by atomic mass is 10.2. The summed E-state index contributed by atoms with van der Waals surface area (Å²) >= 11 is 8.89. The van der Waals surface area contributed by atoms with Crippen molar-refractivity contribution in [2.45, 2.75) is 0 Å². The molecule has 0 atom stereocenters. The lowest BCUT2D eigenvalue weighted by molar-refractivity contribution is 0.441. The van der Waals surface area contributed by atoms with Gasteiger partial charge in [0.2, 0.25) is 0 Å². The Bertz CT molecular complexity index is 639. The van der Waals surface area contributed by atoms with Gasteiger partial charge in [-0.05, 0) is 36.4 Å². The molecule has 0 aliphatic heterocycles. The molecule has 0 unspecified atom stereocenters. The molecule has 0 aliphatic rings. The summed E-state index contributed by atoms with van der Waals surface area (Å²) in [5.41, 5.74) is 0.318. The molecule has 5 heteroatoms. The van der Waals surface area contributed by atoms with Gasteiger partial charge in [-0.3, -0.25) is 0 Å². The minimum atomic E-state index is -0.575. The molecular formula is C13H6BrClFNO. The van der Waals surface area contributed by atoms with Crippen LogP contribution < -0.4 is 4.74 Å². The van der Waals surface area contributed by atoms with Crippen molar-refractivity contribution in [2.24, 2.45) is 0 Å². The van der Waals surface area contributed by atoms with Gasteiger partial charge in [0, 0.05) is 9.50 Å². The molecule has 0 saturated carbocycles. The number of ether oxygens (including phenoxy) is 1. The van der Waals surface area contributed by atoms with Gasteiger partial charge in [-0.2, -0.15) is 5.26 Å². The second kappa shape index (κ2) is 5.38. The molecule has 0 saturated heterocycles. The molecule has 2 nitrogen and oxygen atoms in total. The largest absolute Gasteiger partial charge is 0.453 e. The van der Waals surface area contributed by atoms with Gasteiger partial charge >= 0.3 is 0 Å². The first-order valence-corrected chi connectivity index (χ1v) is 6.10. The quantitative estimate of drug-likeness (QED) is 0.786. The first-order chi connectivity index (χ1) is 8.60. The SMILES string of the molecule is N#Cc1cc(Br)ccc1Oc1ccc(Cl)cc1F. The zero-order chi connectivity index (χ0) is 13.1. The molecule has 0 aromatic heterocycles. The highest BCUT2D eigenvalue weighted by Crippen LogP contribution is 2.30.